The van der Waals surface area contributed by atoms with Gasteiger partial charge >= 0.3 is 6.09 Å². The molecule has 1 aromatic rings. The summed E-state index contributed by atoms with van der Waals surface area (Å²) in [4.78, 5) is 28.0. The summed E-state index contributed by atoms with van der Waals surface area (Å²) in [5.41, 5.74) is 0.959. The van der Waals surface area contributed by atoms with Gasteiger partial charge in [-0.15, -0.1) is 0 Å². The molecular formula is C11H13N3O3. The summed E-state index contributed by atoms with van der Waals surface area (Å²) in [5, 5.41) is 2.75. The number of hydrogen-bond acceptors (Lipinski definition) is 4. The highest BCUT2D eigenvalue weighted by atomic mass is 16.6. The fraction of sp³-hybridized carbons (Fsp3) is 0.364. The van der Waals surface area contributed by atoms with Crippen LogP contribution in [0.3, 0.4) is 0 Å². The van der Waals surface area contributed by atoms with E-state index >= 15 is 0 Å². The Balaban J connectivity index is 1.88. The fourth-order valence-corrected chi connectivity index (χ4v) is 1.55. The van der Waals surface area contributed by atoms with Crippen molar-refractivity contribution in [3.8, 4) is 0 Å². The third-order valence-electron chi connectivity index (χ3n) is 2.64. The maximum atomic E-state index is 11.8. The topological polar surface area (TPSA) is 71.5 Å². The summed E-state index contributed by atoms with van der Waals surface area (Å²) in [6.07, 6.45) is 2.86. The number of rotatable bonds is 3. The fourth-order valence-electron chi connectivity index (χ4n) is 1.55. The van der Waals surface area contributed by atoms with Gasteiger partial charge in [-0.2, -0.15) is 0 Å². The monoisotopic (exact) mass is 235 g/mol. The second-order valence-corrected chi connectivity index (χ2v) is 3.78. The molecule has 0 bridgehead atoms. The quantitative estimate of drug-likeness (QED) is 0.809. The van der Waals surface area contributed by atoms with Crippen LogP contribution in [0.15, 0.2) is 24.5 Å². The Hall–Kier alpha value is -2.11. The normalized spacial score (nSPS) is 19.0. The number of amides is 2. The van der Waals surface area contributed by atoms with E-state index in [-0.39, 0.29) is 12.5 Å². The summed E-state index contributed by atoms with van der Waals surface area (Å²) in [6.45, 7) is 0.525. The molecule has 2 rings (SSSR count). The predicted octanol–water partition coefficient (Wildman–Crippen LogP) is 0.148. The van der Waals surface area contributed by atoms with Gasteiger partial charge in [-0.3, -0.25) is 14.7 Å². The Morgan fingerprint density at radius 1 is 1.59 bits per heavy atom. The van der Waals surface area contributed by atoms with E-state index in [2.05, 4.69) is 10.3 Å². The van der Waals surface area contributed by atoms with Crippen molar-refractivity contribution in [2.45, 2.75) is 12.6 Å². The number of pyridine rings is 1. The van der Waals surface area contributed by atoms with Crippen molar-refractivity contribution in [3.05, 3.63) is 30.1 Å². The van der Waals surface area contributed by atoms with Gasteiger partial charge in [-0.05, 0) is 17.7 Å². The van der Waals surface area contributed by atoms with Gasteiger partial charge in [0.25, 0.3) is 0 Å². The molecule has 0 radical (unpaired) electrons. The molecule has 6 nitrogen and oxygen atoms in total. The van der Waals surface area contributed by atoms with Crippen LogP contribution in [0.1, 0.15) is 5.56 Å². The maximum absolute atomic E-state index is 11.8. The molecule has 1 fully saturated rings. The van der Waals surface area contributed by atoms with Gasteiger partial charge in [0.15, 0.2) is 0 Å². The smallest absolute Gasteiger partial charge is 0.410 e. The molecule has 0 aliphatic carbocycles. The molecule has 17 heavy (non-hydrogen) atoms. The van der Waals surface area contributed by atoms with E-state index in [9.17, 15) is 9.59 Å². The molecule has 6 heteroatoms. The molecule has 0 saturated carbocycles. The Kier molecular flexibility index (Phi) is 3.22. The lowest BCUT2D eigenvalue weighted by atomic mass is 10.2. The van der Waals surface area contributed by atoms with Crippen molar-refractivity contribution in [2.75, 3.05) is 13.7 Å². The van der Waals surface area contributed by atoms with Crippen LogP contribution >= 0.6 is 0 Å². The number of carbonyl (C=O) groups is 2. The summed E-state index contributed by atoms with van der Waals surface area (Å²) < 4.78 is 4.77. The van der Waals surface area contributed by atoms with Gasteiger partial charge in [0.1, 0.15) is 12.6 Å². The molecule has 0 aromatic carbocycles. The van der Waals surface area contributed by atoms with Crippen LogP contribution in [0.4, 0.5) is 4.79 Å². The zero-order valence-electron chi connectivity index (χ0n) is 9.42. The number of hydrogen-bond donors (Lipinski definition) is 1. The molecule has 1 saturated heterocycles. The second-order valence-electron chi connectivity index (χ2n) is 3.78. The average molecular weight is 235 g/mol. The number of cyclic esters (lactones) is 1. The van der Waals surface area contributed by atoms with Gasteiger partial charge < -0.3 is 10.1 Å². The van der Waals surface area contributed by atoms with E-state index < -0.39 is 12.1 Å². The Bertz CT molecular complexity index is 421. The van der Waals surface area contributed by atoms with Crippen LogP contribution < -0.4 is 5.32 Å². The highest BCUT2D eigenvalue weighted by molar-refractivity contribution is 5.87. The summed E-state index contributed by atoms with van der Waals surface area (Å²) in [6, 6.07) is 3.10. The zero-order valence-corrected chi connectivity index (χ0v) is 9.42. The Morgan fingerprint density at radius 3 is 2.88 bits per heavy atom. The van der Waals surface area contributed by atoms with Crippen molar-refractivity contribution in [1.29, 1.82) is 0 Å². The first kappa shape index (κ1) is 11.4. The largest absolute Gasteiger partial charge is 0.447 e. The number of nitrogens with zero attached hydrogens (tertiary/aromatic N) is 2. The van der Waals surface area contributed by atoms with E-state index in [0.717, 1.165) is 5.56 Å². The lowest BCUT2D eigenvalue weighted by Gasteiger charge is -2.15. The number of nitrogens with one attached hydrogen (secondary N) is 1. The van der Waals surface area contributed by atoms with Crippen molar-refractivity contribution in [3.63, 3.8) is 0 Å². The van der Waals surface area contributed by atoms with E-state index in [0.29, 0.717) is 6.54 Å². The molecule has 1 aromatic heterocycles. The molecule has 0 spiro atoms. The van der Waals surface area contributed by atoms with Gasteiger partial charge in [-0.1, -0.05) is 0 Å². The lowest BCUT2D eigenvalue weighted by Crippen LogP contribution is -2.43. The maximum Gasteiger partial charge on any atom is 0.410 e. The van der Waals surface area contributed by atoms with E-state index in [1.165, 1.54) is 4.90 Å². The SMILES string of the molecule is CN1C(=O)OCC1C(=O)NCc1ccncc1. The number of likely N-dealkylation sites (N-methyl/N-ethyl adjacent to an activating group) is 1. The number of carbonyl (C=O) groups excluding carboxylic acids is 2. The average Bonchev–Trinajstić information content (AvgIpc) is 2.69. The molecule has 2 heterocycles. The van der Waals surface area contributed by atoms with E-state index in [4.69, 9.17) is 4.74 Å². The molecule has 1 atom stereocenters. The third-order valence-corrected chi connectivity index (χ3v) is 2.64. The van der Waals surface area contributed by atoms with E-state index in [1.807, 2.05) is 12.1 Å². The predicted molar refractivity (Wildman–Crippen MR) is 59.0 cm³/mol. The molecule has 1 aliphatic heterocycles. The van der Waals surface area contributed by atoms with Gasteiger partial charge in [0, 0.05) is 26.0 Å². The van der Waals surface area contributed by atoms with Crippen LogP contribution in [0, 0.1) is 0 Å². The first-order valence-corrected chi connectivity index (χ1v) is 5.24. The highest BCUT2D eigenvalue weighted by Gasteiger charge is 2.34. The molecular weight excluding hydrogens is 222 g/mol. The minimum Gasteiger partial charge on any atom is -0.447 e. The van der Waals surface area contributed by atoms with Gasteiger partial charge in [-0.25, -0.2) is 4.79 Å². The minimum atomic E-state index is -0.538. The van der Waals surface area contributed by atoms with Crippen LogP contribution in [-0.2, 0) is 16.1 Å². The van der Waals surface area contributed by atoms with E-state index in [1.54, 1.807) is 19.4 Å². The minimum absolute atomic E-state index is 0.109. The molecule has 90 valence electrons. The summed E-state index contributed by atoms with van der Waals surface area (Å²) in [5.74, 6) is -0.213. The van der Waals surface area contributed by atoms with Crippen molar-refractivity contribution in [2.24, 2.45) is 0 Å². The van der Waals surface area contributed by atoms with Crippen LogP contribution in [0.25, 0.3) is 0 Å². The van der Waals surface area contributed by atoms with Gasteiger partial charge in [0.2, 0.25) is 5.91 Å². The molecule has 1 N–H and O–H groups in total. The van der Waals surface area contributed by atoms with Crippen LogP contribution in [0.2, 0.25) is 0 Å². The zero-order chi connectivity index (χ0) is 12.3. The standard InChI is InChI=1S/C11H13N3O3/c1-14-9(7-17-11(14)16)10(15)13-6-8-2-4-12-5-3-8/h2-5,9H,6-7H2,1H3,(H,13,15). The van der Waals surface area contributed by atoms with Crippen molar-refractivity contribution >= 4 is 12.0 Å². The Morgan fingerprint density at radius 2 is 2.29 bits per heavy atom. The molecule has 1 aliphatic rings. The first-order chi connectivity index (χ1) is 8.18. The number of ether oxygens (including phenoxy) is 1. The third kappa shape index (κ3) is 2.52. The lowest BCUT2D eigenvalue weighted by molar-refractivity contribution is -0.124. The second kappa shape index (κ2) is 4.82. The number of aromatic nitrogens is 1. The summed E-state index contributed by atoms with van der Waals surface area (Å²) in [7, 11) is 1.55. The van der Waals surface area contributed by atoms with Gasteiger partial charge in [0.05, 0.1) is 0 Å². The molecule has 1 unspecified atom stereocenters. The van der Waals surface area contributed by atoms with Crippen LogP contribution in [0.5, 0.6) is 0 Å². The Labute approximate surface area is 98.6 Å². The molecule has 2 amide bonds. The highest BCUT2D eigenvalue weighted by Crippen LogP contribution is 2.09. The first-order valence-electron chi connectivity index (χ1n) is 5.24. The van der Waals surface area contributed by atoms with Crippen molar-refractivity contribution < 1.29 is 14.3 Å². The van der Waals surface area contributed by atoms with Crippen LogP contribution in [-0.4, -0.2) is 41.6 Å². The van der Waals surface area contributed by atoms with Crippen molar-refractivity contribution in [1.82, 2.24) is 15.2 Å². The summed E-state index contributed by atoms with van der Waals surface area (Å²) >= 11 is 0.